The topological polar surface area (TPSA) is 237 Å². The first kappa shape index (κ1) is 93.2. The number of carbonyl (C=O) groups excluding carboxylic acids is 4. The summed E-state index contributed by atoms with van der Waals surface area (Å²) in [7, 11) is -9.98. The molecule has 19 heteroatoms. The van der Waals surface area contributed by atoms with Crippen LogP contribution in [0.15, 0.2) is 134 Å². The number of carbonyl (C=O) groups is 4. The molecule has 0 bridgehead atoms. The van der Waals surface area contributed by atoms with Crippen LogP contribution in [0.5, 0.6) is 0 Å². The Kier molecular flexibility index (Phi) is 67.2. The summed E-state index contributed by atoms with van der Waals surface area (Å²) in [4.78, 5) is 72.7. The van der Waals surface area contributed by atoms with Gasteiger partial charge in [-0.25, -0.2) is 9.13 Å². The average molecular weight is 1420 g/mol. The molecule has 0 aromatic rings. The van der Waals surface area contributed by atoms with Gasteiger partial charge in [-0.2, -0.15) is 0 Å². The molecule has 0 aliphatic rings. The van der Waals surface area contributed by atoms with E-state index in [1.54, 1.807) is 0 Å². The van der Waals surface area contributed by atoms with Crippen LogP contribution in [0.2, 0.25) is 0 Å². The van der Waals surface area contributed by atoms with Crippen LogP contribution < -0.4 is 0 Å². The first-order valence-corrected chi connectivity index (χ1v) is 40.4. The van der Waals surface area contributed by atoms with Crippen molar-refractivity contribution >= 4 is 39.5 Å². The van der Waals surface area contributed by atoms with Crippen molar-refractivity contribution in [1.82, 2.24) is 0 Å². The monoisotopic (exact) mass is 1410 g/mol. The highest BCUT2D eigenvalue weighted by Crippen LogP contribution is 2.45. The zero-order chi connectivity index (χ0) is 71.8. The normalized spacial score (nSPS) is 14.7. The van der Waals surface area contributed by atoms with E-state index in [1.807, 2.05) is 24.3 Å². The highest BCUT2D eigenvalue weighted by atomic mass is 31.2. The minimum Gasteiger partial charge on any atom is -0.462 e. The fourth-order valence-electron chi connectivity index (χ4n) is 9.46. The Labute approximate surface area is 593 Å². The number of hydrogen-bond donors (Lipinski definition) is 3. The second kappa shape index (κ2) is 70.6. The SMILES string of the molecule is CC/C=C\C/C=C\C/C=C\C/C=C\C/C=C\CCCC(=O)OCC(COP(=O)(O)OCC(O)COP(=O)(O)OCC(COC(=O)CCCCCCC/C=C\CCCCCC)OC(=O)CCCCCCCCCCCCC)OC(=O)CCC/C=C\C/C=C\C/C=C\C/C=C\C/C=C\CC. The minimum atomic E-state index is -5.00. The number of phosphoric ester groups is 2. The van der Waals surface area contributed by atoms with Crippen LogP contribution in [0.1, 0.15) is 285 Å². The molecule has 0 heterocycles. The summed E-state index contributed by atoms with van der Waals surface area (Å²) in [5, 5.41) is 10.6. The molecule has 0 spiro atoms. The summed E-state index contributed by atoms with van der Waals surface area (Å²) < 4.78 is 68.3. The zero-order valence-corrected chi connectivity index (χ0v) is 62.7. The van der Waals surface area contributed by atoms with E-state index in [1.165, 1.54) is 64.2 Å². The van der Waals surface area contributed by atoms with Crippen molar-refractivity contribution in [3.8, 4) is 0 Å². The first-order chi connectivity index (χ1) is 47.7. The number of aliphatic hydroxyl groups is 1. The number of aliphatic hydroxyl groups excluding tert-OH is 1. The van der Waals surface area contributed by atoms with E-state index in [2.05, 4.69) is 137 Å². The van der Waals surface area contributed by atoms with Gasteiger partial charge in [0.25, 0.3) is 0 Å². The average Bonchev–Trinajstić information content (AvgIpc) is 0.980. The molecular formula is C79H132O17P2. The summed E-state index contributed by atoms with van der Waals surface area (Å²) in [6.07, 6.45) is 77.5. The summed E-state index contributed by atoms with van der Waals surface area (Å²) in [5.41, 5.74) is 0. The third-order valence-corrected chi connectivity index (χ3v) is 17.0. The molecule has 0 radical (unpaired) electrons. The van der Waals surface area contributed by atoms with Gasteiger partial charge in [-0.05, 0) is 128 Å². The standard InChI is InChI=1S/C79H132O17P2/c1-5-9-13-17-21-25-29-32-34-36-38-41-45-48-52-56-60-64-77(82)90-70-75(96-79(84)66-62-58-54-50-46-42-39-37-35-33-30-26-22-18-14-10-6-2)72-94-98(87,88)92-68-73(80)67-91-97(85,86)93-71-74(95-78(83)65-61-57-53-49-43-28-24-20-16-12-8-4)69-89-76(81)63-59-55-51-47-44-40-31-27-23-19-15-11-7-3/h9-10,13-14,21-22,25-27,31-35,38-39,41-42,48,50,52,54,73-75,80H,5-8,11-12,15-20,23-24,28-30,36-37,40,43-47,49,51,53,55-72H2,1-4H3,(H,85,86)(H,87,88)/b13-9-,14-10-,25-21-,26-22-,31-27-,34-32-,35-33-,41-38-,42-39-,52-48-,54-50-. The lowest BCUT2D eigenvalue weighted by Gasteiger charge is -2.21. The molecular weight excluding hydrogens is 1280 g/mol. The van der Waals surface area contributed by atoms with Gasteiger partial charge in [0.05, 0.1) is 26.4 Å². The van der Waals surface area contributed by atoms with Crippen LogP contribution in [-0.2, 0) is 65.4 Å². The van der Waals surface area contributed by atoms with Crippen LogP contribution >= 0.6 is 15.6 Å². The lowest BCUT2D eigenvalue weighted by Crippen LogP contribution is -2.30. The third kappa shape index (κ3) is 69.7. The summed E-state index contributed by atoms with van der Waals surface area (Å²) in [6, 6.07) is 0. The molecule has 0 aromatic carbocycles. The summed E-state index contributed by atoms with van der Waals surface area (Å²) in [5.74, 6) is -2.32. The summed E-state index contributed by atoms with van der Waals surface area (Å²) in [6.45, 7) is 4.47. The second-order valence-corrected chi connectivity index (χ2v) is 27.4. The fraction of sp³-hybridized carbons (Fsp3) is 0.671. The van der Waals surface area contributed by atoms with Crippen LogP contribution in [0, 0.1) is 0 Å². The van der Waals surface area contributed by atoms with Gasteiger partial charge < -0.3 is 33.8 Å². The smallest absolute Gasteiger partial charge is 0.462 e. The highest BCUT2D eigenvalue weighted by molar-refractivity contribution is 7.47. The Morgan fingerprint density at radius 2 is 0.541 bits per heavy atom. The van der Waals surface area contributed by atoms with Gasteiger partial charge in [0.1, 0.15) is 19.3 Å². The van der Waals surface area contributed by atoms with E-state index in [-0.39, 0.29) is 25.7 Å². The molecule has 0 saturated carbocycles. The number of esters is 4. The van der Waals surface area contributed by atoms with Crippen molar-refractivity contribution in [2.75, 3.05) is 39.6 Å². The van der Waals surface area contributed by atoms with Crippen molar-refractivity contribution in [3.05, 3.63) is 134 Å². The molecule has 98 heavy (non-hydrogen) atoms. The molecule has 0 fully saturated rings. The Hall–Kier alpha value is -4.80. The Balaban J connectivity index is 5.45. The molecule has 17 nitrogen and oxygen atoms in total. The minimum absolute atomic E-state index is 0.000867. The van der Waals surface area contributed by atoms with Crippen LogP contribution in [-0.4, -0.2) is 96.7 Å². The fourth-order valence-corrected chi connectivity index (χ4v) is 11.0. The molecule has 3 N–H and O–H groups in total. The van der Waals surface area contributed by atoms with Gasteiger partial charge in [-0.15, -0.1) is 0 Å². The number of ether oxygens (including phenoxy) is 4. The van der Waals surface area contributed by atoms with Gasteiger partial charge in [0.15, 0.2) is 12.2 Å². The van der Waals surface area contributed by atoms with E-state index in [0.29, 0.717) is 38.5 Å². The van der Waals surface area contributed by atoms with Gasteiger partial charge in [0, 0.05) is 25.7 Å². The largest absolute Gasteiger partial charge is 0.472 e. The number of unbranched alkanes of at least 4 members (excludes halogenated alkanes) is 21. The van der Waals surface area contributed by atoms with E-state index < -0.39 is 97.5 Å². The molecule has 0 rings (SSSR count). The van der Waals surface area contributed by atoms with Crippen LogP contribution in [0.4, 0.5) is 0 Å². The van der Waals surface area contributed by atoms with E-state index in [0.717, 1.165) is 128 Å². The first-order valence-electron chi connectivity index (χ1n) is 37.4. The molecule has 0 aliphatic carbocycles. The molecule has 5 unspecified atom stereocenters. The lowest BCUT2D eigenvalue weighted by molar-refractivity contribution is -0.161. The second-order valence-electron chi connectivity index (χ2n) is 24.5. The Morgan fingerprint density at radius 3 is 0.888 bits per heavy atom. The predicted octanol–water partition coefficient (Wildman–Crippen LogP) is 21.3. The van der Waals surface area contributed by atoms with E-state index >= 15 is 0 Å². The Bertz CT molecular complexity index is 2380. The van der Waals surface area contributed by atoms with E-state index in [9.17, 15) is 43.2 Å². The number of allylic oxidation sites excluding steroid dienone is 22. The number of rotatable bonds is 69. The van der Waals surface area contributed by atoms with Gasteiger partial charge in [-0.3, -0.25) is 37.3 Å². The summed E-state index contributed by atoms with van der Waals surface area (Å²) >= 11 is 0. The molecule has 560 valence electrons. The molecule has 0 saturated heterocycles. The Morgan fingerprint density at radius 1 is 0.296 bits per heavy atom. The maximum absolute atomic E-state index is 13.1. The maximum Gasteiger partial charge on any atom is 0.472 e. The quantitative estimate of drug-likeness (QED) is 0.0169. The number of phosphoric acid groups is 2. The van der Waals surface area contributed by atoms with Crippen molar-refractivity contribution in [3.63, 3.8) is 0 Å². The van der Waals surface area contributed by atoms with Gasteiger partial charge in [-0.1, -0.05) is 264 Å². The van der Waals surface area contributed by atoms with Crippen molar-refractivity contribution in [1.29, 1.82) is 0 Å². The lowest BCUT2D eigenvalue weighted by atomic mass is 10.1. The van der Waals surface area contributed by atoms with Crippen molar-refractivity contribution in [2.24, 2.45) is 0 Å². The molecule has 0 aliphatic heterocycles. The van der Waals surface area contributed by atoms with Crippen LogP contribution in [0.25, 0.3) is 0 Å². The third-order valence-electron chi connectivity index (χ3n) is 15.1. The predicted molar refractivity (Wildman–Crippen MR) is 399 cm³/mol. The molecule has 5 atom stereocenters. The van der Waals surface area contributed by atoms with E-state index in [4.69, 9.17) is 37.0 Å². The van der Waals surface area contributed by atoms with Gasteiger partial charge in [0.2, 0.25) is 0 Å². The molecule has 0 amide bonds. The van der Waals surface area contributed by atoms with Gasteiger partial charge >= 0.3 is 39.5 Å². The zero-order valence-electron chi connectivity index (χ0n) is 60.9. The van der Waals surface area contributed by atoms with Crippen LogP contribution in [0.3, 0.4) is 0 Å². The number of hydrogen-bond acceptors (Lipinski definition) is 15. The highest BCUT2D eigenvalue weighted by Gasteiger charge is 2.30. The van der Waals surface area contributed by atoms with Crippen molar-refractivity contribution in [2.45, 2.75) is 303 Å². The van der Waals surface area contributed by atoms with Crippen molar-refractivity contribution < 1.29 is 80.2 Å². The molecule has 0 aromatic heterocycles. The maximum atomic E-state index is 13.1.